The van der Waals surface area contributed by atoms with Gasteiger partial charge in [0.05, 0.1) is 31.5 Å². The van der Waals surface area contributed by atoms with Crippen LogP contribution in [-0.4, -0.2) is 36.6 Å². The molecule has 0 spiro atoms. The van der Waals surface area contributed by atoms with Crippen LogP contribution in [0.15, 0.2) is 47.4 Å². The van der Waals surface area contributed by atoms with Crippen molar-refractivity contribution in [3.05, 3.63) is 69.1 Å². The summed E-state index contributed by atoms with van der Waals surface area (Å²) in [6.07, 6.45) is 2.40. The van der Waals surface area contributed by atoms with Crippen LogP contribution in [0, 0.1) is 0 Å². The molecule has 0 saturated heterocycles. The number of halogens is 1. The summed E-state index contributed by atoms with van der Waals surface area (Å²) < 4.78 is 22.6. The molecular formula is C21H17ClN2O7. The smallest absolute Gasteiger partial charge is 0.292 e. The Morgan fingerprint density at radius 2 is 1.52 bits per heavy atom. The highest BCUT2D eigenvalue weighted by Gasteiger charge is 2.17. The maximum Gasteiger partial charge on any atom is 0.292 e. The molecular weight excluding hydrogens is 428 g/mol. The van der Waals surface area contributed by atoms with E-state index in [1.54, 1.807) is 30.3 Å². The Hall–Kier alpha value is -3.85. The number of ether oxygens (including phenoxy) is 4. The number of rotatable bonds is 9. The molecule has 0 amide bonds. The second kappa shape index (κ2) is 9.77. The number of carbonyl (C=O) groups excluding carboxylic acids is 2. The fourth-order valence-electron chi connectivity index (χ4n) is 2.69. The van der Waals surface area contributed by atoms with Gasteiger partial charge in [-0.1, -0.05) is 23.7 Å². The van der Waals surface area contributed by atoms with Gasteiger partial charge in [-0.25, -0.2) is 0 Å². The molecule has 0 aliphatic heterocycles. The van der Waals surface area contributed by atoms with Gasteiger partial charge in [0.15, 0.2) is 53.1 Å². The molecule has 0 N–H and O–H groups in total. The first-order valence-corrected chi connectivity index (χ1v) is 9.22. The lowest BCUT2D eigenvalue weighted by Crippen LogP contribution is -2.26. The third kappa shape index (κ3) is 4.51. The third-order valence-corrected chi connectivity index (χ3v) is 4.56. The van der Waals surface area contributed by atoms with E-state index in [1.807, 2.05) is 0 Å². The van der Waals surface area contributed by atoms with Crippen LogP contribution in [0.1, 0.15) is 20.7 Å². The molecule has 10 heteroatoms. The first-order valence-electron chi connectivity index (χ1n) is 8.84. The van der Waals surface area contributed by atoms with Gasteiger partial charge >= 0.3 is 0 Å². The molecule has 0 aliphatic carbocycles. The normalized spacial score (nSPS) is 10.3. The summed E-state index contributed by atoms with van der Waals surface area (Å²) in [5, 5.41) is 3.70. The highest BCUT2D eigenvalue weighted by molar-refractivity contribution is 6.31. The highest BCUT2D eigenvalue weighted by Crippen LogP contribution is 2.36. The monoisotopic (exact) mass is 444 g/mol. The van der Waals surface area contributed by atoms with Gasteiger partial charge in [-0.3, -0.25) is 14.4 Å². The fourth-order valence-corrected chi connectivity index (χ4v) is 2.87. The molecule has 2 aromatic carbocycles. The predicted molar refractivity (Wildman–Crippen MR) is 111 cm³/mol. The van der Waals surface area contributed by atoms with E-state index in [9.17, 15) is 14.4 Å². The van der Waals surface area contributed by atoms with Gasteiger partial charge in [0.2, 0.25) is 0 Å². The molecule has 0 unspecified atom stereocenters. The molecule has 160 valence electrons. The van der Waals surface area contributed by atoms with Crippen molar-refractivity contribution in [1.82, 2.24) is 9.78 Å². The summed E-state index contributed by atoms with van der Waals surface area (Å²) in [5.41, 5.74) is -0.249. The maximum absolute atomic E-state index is 12.6. The summed E-state index contributed by atoms with van der Waals surface area (Å²) >= 11 is 6.17. The molecule has 3 aromatic rings. The first-order chi connectivity index (χ1) is 15.0. The Bertz CT molecular complexity index is 1180. The third-order valence-electron chi connectivity index (χ3n) is 4.21. The molecule has 9 nitrogen and oxygen atoms in total. The number of hydrogen-bond donors (Lipinski definition) is 0. The van der Waals surface area contributed by atoms with Crippen molar-refractivity contribution in [3.8, 4) is 28.7 Å². The van der Waals surface area contributed by atoms with Gasteiger partial charge in [-0.05, 0) is 24.3 Å². The number of methoxy groups -OCH3 is 2. The number of benzene rings is 2. The summed E-state index contributed by atoms with van der Waals surface area (Å²) in [4.78, 5) is 35.2. The minimum Gasteiger partial charge on any atom is -0.493 e. The second-order valence-corrected chi connectivity index (χ2v) is 6.37. The van der Waals surface area contributed by atoms with Crippen LogP contribution in [0.5, 0.6) is 28.7 Å². The van der Waals surface area contributed by atoms with Gasteiger partial charge in [0, 0.05) is 0 Å². The van der Waals surface area contributed by atoms with Crippen molar-refractivity contribution >= 4 is 24.2 Å². The van der Waals surface area contributed by atoms with Gasteiger partial charge < -0.3 is 18.9 Å². The van der Waals surface area contributed by atoms with Crippen LogP contribution in [-0.2, 0) is 6.73 Å². The van der Waals surface area contributed by atoms with E-state index in [0.717, 1.165) is 4.68 Å². The molecule has 0 bridgehead atoms. The lowest BCUT2D eigenvalue weighted by atomic mass is 10.2. The van der Waals surface area contributed by atoms with E-state index in [-0.39, 0.29) is 45.9 Å². The van der Waals surface area contributed by atoms with Crippen LogP contribution in [0.2, 0.25) is 5.02 Å². The molecule has 0 aliphatic rings. The average Bonchev–Trinajstić information content (AvgIpc) is 2.81. The topological polar surface area (TPSA) is 106 Å². The zero-order valence-electron chi connectivity index (χ0n) is 16.5. The zero-order valence-corrected chi connectivity index (χ0v) is 17.3. The van der Waals surface area contributed by atoms with Crippen LogP contribution < -0.4 is 24.5 Å². The van der Waals surface area contributed by atoms with Crippen molar-refractivity contribution in [2.45, 2.75) is 6.73 Å². The van der Waals surface area contributed by atoms with Crippen LogP contribution in [0.3, 0.4) is 0 Å². The zero-order chi connectivity index (χ0) is 22.4. The van der Waals surface area contributed by atoms with E-state index in [0.29, 0.717) is 18.3 Å². The van der Waals surface area contributed by atoms with Crippen molar-refractivity contribution in [1.29, 1.82) is 0 Å². The predicted octanol–water partition coefficient (Wildman–Crippen LogP) is 3.37. The van der Waals surface area contributed by atoms with E-state index >= 15 is 0 Å². The van der Waals surface area contributed by atoms with Crippen molar-refractivity contribution in [2.75, 3.05) is 14.2 Å². The lowest BCUT2D eigenvalue weighted by molar-refractivity contribution is 0.111. The maximum atomic E-state index is 12.6. The quantitative estimate of drug-likeness (QED) is 0.462. The van der Waals surface area contributed by atoms with Crippen molar-refractivity contribution in [2.24, 2.45) is 0 Å². The summed E-state index contributed by atoms with van der Waals surface area (Å²) in [6.45, 7) is -0.339. The minimum absolute atomic E-state index is 0.0682. The molecule has 0 saturated carbocycles. The second-order valence-electron chi connectivity index (χ2n) is 6.00. The summed E-state index contributed by atoms with van der Waals surface area (Å²) in [7, 11) is 2.84. The number of aromatic nitrogens is 2. The highest BCUT2D eigenvalue weighted by atomic mass is 35.5. The minimum atomic E-state index is -0.704. The van der Waals surface area contributed by atoms with E-state index < -0.39 is 5.56 Å². The van der Waals surface area contributed by atoms with Crippen LogP contribution in [0.4, 0.5) is 0 Å². The lowest BCUT2D eigenvalue weighted by Gasteiger charge is -2.15. The summed E-state index contributed by atoms with van der Waals surface area (Å²) in [6, 6.07) is 9.53. The van der Waals surface area contributed by atoms with Crippen LogP contribution in [0.25, 0.3) is 0 Å². The SMILES string of the molecule is COc1cccc(C=O)c1OCn1ncc(Oc2c(C=O)cccc2OC)c(Cl)c1=O. The number of hydrogen-bond acceptors (Lipinski definition) is 8. The fraction of sp³-hybridized carbons (Fsp3) is 0.143. The van der Waals surface area contributed by atoms with Gasteiger partial charge in [-0.2, -0.15) is 9.78 Å². The van der Waals surface area contributed by atoms with Crippen molar-refractivity contribution in [3.63, 3.8) is 0 Å². The van der Waals surface area contributed by atoms with Crippen LogP contribution >= 0.6 is 11.6 Å². The standard InChI is InChI=1S/C21H17ClN2O7/c1-28-15-7-3-5-13(10-25)19(15)30-12-24-21(27)18(22)17(9-23-24)31-20-14(11-26)6-4-8-16(20)29-2/h3-11H,12H2,1-2H3. The summed E-state index contributed by atoms with van der Waals surface area (Å²) in [5.74, 6) is 0.796. The number of carbonyl (C=O) groups is 2. The Balaban J connectivity index is 1.89. The Kier molecular flexibility index (Phi) is 6.88. The molecule has 31 heavy (non-hydrogen) atoms. The molecule has 1 heterocycles. The first kappa shape index (κ1) is 21.8. The van der Waals surface area contributed by atoms with E-state index in [2.05, 4.69) is 5.10 Å². The molecule has 0 atom stereocenters. The van der Waals surface area contributed by atoms with Crippen molar-refractivity contribution < 1.29 is 28.5 Å². The Morgan fingerprint density at radius 3 is 2.10 bits per heavy atom. The van der Waals surface area contributed by atoms with Gasteiger partial charge in [0.25, 0.3) is 5.56 Å². The van der Waals surface area contributed by atoms with Gasteiger partial charge in [0.1, 0.15) is 0 Å². The van der Waals surface area contributed by atoms with E-state index in [4.69, 9.17) is 30.5 Å². The molecule has 1 aromatic heterocycles. The number of para-hydroxylation sites is 2. The van der Waals surface area contributed by atoms with Gasteiger partial charge in [-0.15, -0.1) is 0 Å². The number of nitrogens with zero attached hydrogens (tertiary/aromatic N) is 2. The molecule has 3 rings (SSSR count). The number of aldehydes is 2. The molecule has 0 fully saturated rings. The molecule has 0 radical (unpaired) electrons. The Labute approximate surface area is 181 Å². The van der Waals surface area contributed by atoms with E-state index in [1.165, 1.54) is 26.5 Å². The average molecular weight is 445 g/mol. The Morgan fingerprint density at radius 1 is 0.935 bits per heavy atom. The largest absolute Gasteiger partial charge is 0.493 e.